The summed E-state index contributed by atoms with van der Waals surface area (Å²) in [6.07, 6.45) is -45.2. The van der Waals surface area contributed by atoms with E-state index in [2.05, 4.69) is 9.50 Å². The maximum absolute atomic E-state index is 12.9. The monoisotopic (exact) mass is 947 g/mol. The van der Waals surface area contributed by atoms with Crippen molar-refractivity contribution in [3.8, 4) is 0 Å². The standard InChI is InChI=1S/C33H57NO28S/c1-8-15(40)18(43)20(45)31(53-8)60-26-14(34-9(2)39)29(56-13(7-38)25(26)59-33-23(48)28(62-63(49,50)51)17(42)11(5-36)55-33)61-27-16(41)10(4-35)54-32(22(27)47)58-24-12(6-37)57-30(52-3)21(46)19(24)44/h8,10-33,35-38,40-48H,4-7H2,1-3H3,(H,34,39)(H,49,50,51)/t8-,10+,11+,12+,13+,14+,15+,16-,17-,18+,19+,20-,21+,22+,23+,24+,25+,26+,27-,28-,29-,30+,31-,32-,33-/m0/s1. The quantitative estimate of drug-likeness (QED) is 0.0639. The van der Waals surface area contributed by atoms with Gasteiger partial charge in [0, 0.05) is 14.0 Å². The number of amides is 1. The lowest BCUT2D eigenvalue weighted by Gasteiger charge is -2.51. The van der Waals surface area contributed by atoms with Crippen LogP contribution in [0.2, 0.25) is 0 Å². The number of hydrogen-bond acceptors (Lipinski definition) is 27. The molecular formula is C33H57NO28S. The van der Waals surface area contributed by atoms with Gasteiger partial charge in [-0.1, -0.05) is 0 Å². The number of ether oxygens (including phenoxy) is 10. The molecule has 0 bridgehead atoms. The van der Waals surface area contributed by atoms with Gasteiger partial charge in [0.25, 0.3) is 0 Å². The van der Waals surface area contributed by atoms with Gasteiger partial charge < -0.3 is 119 Å². The van der Waals surface area contributed by atoms with E-state index in [9.17, 15) is 84.1 Å². The molecule has 5 heterocycles. The lowest BCUT2D eigenvalue weighted by Crippen LogP contribution is -2.71. The van der Waals surface area contributed by atoms with Crippen molar-refractivity contribution in [2.24, 2.45) is 0 Å². The molecule has 0 unspecified atom stereocenters. The zero-order valence-electron chi connectivity index (χ0n) is 33.6. The molecule has 0 spiro atoms. The Morgan fingerprint density at radius 3 is 1.46 bits per heavy atom. The lowest BCUT2D eigenvalue weighted by molar-refractivity contribution is -0.391. The highest BCUT2D eigenvalue weighted by atomic mass is 32.3. The molecule has 30 heteroatoms. The van der Waals surface area contributed by atoms with Crippen LogP contribution < -0.4 is 5.32 Å². The molecule has 0 aromatic rings. The highest BCUT2D eigenvalue weighted by Crippen LogP contribution is 2.37. The molecule has 1 amide bonds. The van der Waals surface area contributed by atoms with E-state index in [1.165, 1.54) is 6.92 Å². The van der Waals surface area contributed by atoms with Crippen molar-refractivity contribution in [1.29, 1.82) is 0 Å². The van der Waals surface area contributed by atoms with Crippen LogP contribution in [0.4, 0.5) is 0 Å². The Morgan fingerprint density at radius 1 is 0.508 bits per heavy atom. The minimum atomic E-state index is -5.40. The fourth-order valence-electron chi connectivity index (χ4n) is 7.79. The van der Waals surface area contributed by atoms with Crippen LogP contribution in [0.15, 0.2) is 0 Å². The Balaban J connectivity index is 1.52. The number of aliphatic hydroxyl groups is 13. The van der Waals surface area contributed by atoms with Gasteiger partial charge in [-0.2, -0.15) is 8.42 Å². The minimum Gasteiger partial charge on any atom is -0.394 e. The molecule has 368 valence electrons. The first kappa shape index (κ1) is 52.4. The van der Waals surface area contributed by atoms with E-state index >= 15 is 0 Å². The molecule has 5 saturated heterocycles. The molecule has 5 aliphatic rings. The summed E-state index contributed by atoms with van der Waals surface area (Å²) >= 11 is 0. The summed E-state index contributed by atoms with van der Waals surface area (Å²) in [5.41, 5.74) is 0. The topological polar surface area (TPSA) is 448 Å². The van der Waals surface area contributed by atoms with Gasteiger partial charge in [0.15, 0.2) is 31.5 Å². The van der Waals surface area contributed by atoms with Crippen LogP contribution in [0, 0.1) is 0 Å². The molecule has 29 nitrogen and oxygen atoms in total. The SMILES string of the molecule is CO[C@@H]1O[C@H](CO)[C@@H](O[C@@H]2O[C@H](CO)[C@H](O)[C@H](O[C@@H]3O[C@H](CO)[C@@H](O[C@@H]4O[C@H](CO)[C@H](O)[C@H](OS(=O)(=O)O)[C@H]4O)[C@H](O[C@@H]4O[C@@H](C)[C@@H](O)[C@@H](O)[C@@H]4O)[C@H]3NC(C)=O)[C@H]2O)[C@H](O)[C@H]1O. The van der Waals surface area contributed by atoms with Crippen molar-refractivity contribution >= 4 is 16.3 Å². The van der Waals surface area contributed by atoms with Crippen molar-refractivity contribution in [2.75, 3.05) is 33.5 Å². The summed E-state index contributed by atoms with van der Waals surface area (Å²) in [7, 11) is -4.26. The van der Waals surface area contributed by atoms with Gasteiger partial charge in [0.05, 0.1) is 32.5 Å². The second-order valence-corrected chi connectivity index (χ2v) is 16.4. The Hall–Kier alpha value is -1.58. The van der Waals surface area contributed by atoms with E-state index in [4.69, 9.17) is 47.4 Å². The van der Waals surface area contributed by atoms with E-state index in [0.717, 1.165) is 14.0 Å². The molecule has 5 rings (SSSR count). The number of aliphatic hydroxyl groups excluding tert-OH is 13. The zero-order valence-corrected chi connectivity index (χ0v) is 34.5. The highest BCUT2D eigenvalue weighted by Gasteiger charge is 2.58. The lowest BCUT2D eigenvalue weighted by atomic mass is 9.93. The van der Waals surface area contributed by atoms with Crippen LogP contribution in [0.1, 0.15) is 13.8 Å². The first-order valence-electron chi connectivity index (χ1n) is 19.5. The molecule has 5 aliphatic heterocycles. The number of nitrogens with one attached hydrogen (secondary N) is 1. The third-order valence-electron chi connectivity index (χ3n) is 11.1. The molecule has 5 fully saturated rings. The number of methoxy groups -OCH3 is 1. The average molecular weight is 948 g/mol. The van der Waals surface area contributed by atoms with Crippen molar-refractivity contribution in [1.82, 2.24) is 5.32 Å². The summed E-state index contributed by atoms with van der Waals surface area (Å²) in [5.74, 6) is -0.892. The van der Waals surface area contributed by atoms with Gasteiger partial charge in [0.2, 0.25) is 5.91 Å². The molecule has 0 radical (unpaired) electrons. The highest BCUT2D eigenvalue weighted by molar-refractivity contribution is 7.80. The predicted molar refractivity (Wildman–Crippen MR) is 192 cm³/mol. The summed E-state index contributed by atoms with van der Waals surface area (Å²) in [4.78, 5) is 12.9. The Labute approximate surface area is 358 Å². The maximum atomic E-state index is 12.9. The third kappa shape index (κ3) is 11.6. The second kappa shape index (κ2) is 22.0. The Bertz CT molecular complexity index is 1570. The van der Waals surface area contributed by atoms with Gasteiger partial charge in [-0.3, -0.25) is 9.35 Å². The third-order valence-corrected chi connectivity index (χ3v) is 11.6. The number of rotatable bonds is 16. The fourth-order valence-corrected chi connectivity index (χ4v) is 8.30. The molecular weight excluding hydrogens is 890 g/mol. The number of hydrogen-bond donors (Lipinski definition) is 15. The summed E-state index contributed by atoms with van der Waals surface area (Å²) in [6.45, 7) is -1.71. The van der Waals surface area contributed by atoms with E-state index in [0.29, 0.717) is 0 Å². The van der Waals surface area contributed by atoms with E-state index in [1.54, 1.807) is 0 Å². The normalized spacial score (nSPS) is 48.7. The first-order chi connectivity index (χ1) is 29.6. The molecule has 0 aliphatic carbocycles. The van der Waals surface area contributed by atoms with E-state index in [1.807, 2.05) is 0 Å². The predicted octanol–water partition coefficient (Wildman–Crippen LogP) is -10.3. The van der Waals surface area contributed by atoms with Crippen LogP contribution in [0.3, 0.4) is 0 Å². The number of carbonyl (C=O) groups is 1. The Morgan fingerprint density at radius 2 is 0.937 bits per heavy atom. The molecule has 25 atom stereocenters. The van der Waals surface area contributed by atoms with E-state index < -0.39 is 196 Å². The largest absolute Gasteiger partial charge is 0.397 e. The van der Waals surface area contributed by atoms with Crippen LogP contribution in [-0.2, 0) is 66.7 Å². The molecule has 0 aromatic heterocycles. The molecule has 0 aromatic carbocycles. The van der Waals surface area contributed by atoms with Gasteiger partial charge in [0.1, 0.15) is 116 Å². The van der Waals surface area contributed by atoms with Crippen LogP contribution >= 0.6 is 0 Å². The smallest absolute Gasteiger partial charge is 0.394 e. The Kier molecular flexibility index (Phi) is 18.3. The summed E-state index contributed by atoms with van der Waals surface area (Å²) < 4.78 is 93.9. The van der Waals surface area contributed by atoms with Crippen LogP contribution in [-0.4, -0.2) is 272 Å². The van der Waals surface area contributed by atoms with Gasteiger partial charge >= 0.3 is 10.4 Å². The van der Waals surface area contributed by atoms with E-state index in [-0.39, 0.29) is 0 Å². The fraction of sp³-hybridized carbons (Fsp3) is 0.970. The van der Waals surface area contributed by atoms with Gasteiger partial charge in [-0.05, 0) is 6.92 Å². The van der Waals surface area contributed by atoms with Crippen LogP contribution in [0.25, 0.3) is 0 Å². The average Bonchev–Trinajstić information content (AvgIpc) is 3.23. The molecule has 15 N–H and O–H groups in total. The van der Waals surface area contributed by atoms with Gasteiger partial charge in [-0.25, -0.2) is 4.18 Å². The van der Waals surface area contributed by atoms with Crippen molar-refractivity contribution in [2.45, 2.75) is 167 Å². The number of carbonyl (C=O) groups excluding carboxylic acids is 1. The minimum absolute atomic E-state index is 0.822. The van der Waals surface area contributed by atoms with Crippen LogP contribution in [0.5, 0.6) is 0 Å². The van der Waals surface area contributed by atoms with Gasteiger partial charge in [-0.15, -0.1) is 0 Å². The summed E-state index contributed by atoms with van der Waals surface area (Å²) in [6, 6.07) is -1.84. The first-order valence-corrected chi connectivity index (χ1v) is 20.9. The zero-order chi connectivity index (χ0) is 46.8. The second-order valence-electron chi connectivity index (χ2n) is 15.4. The van der Waals surface area contributed by atoms with Crippen molar-refractivity contribution < 1.29 is 136 Å². The maximum Gasteiger partial charge on any atom is 0.397 e. The summed E-state index contributed by atoms with van der Waals surface area (Å²) in [5, 5.41) is 141. The van der Waals surface area contributed by atoms with Crippen molar-refractivity contribution in [3.05, 3.63) is 0 Å². The van der Waals surface area contributed by atoms with Crippen molar-refractivity contribution in [3.63, 3.8) is 0 Å². The molecule has 0 saturated carbocycles. The molecule has 63 heavy (non-hydrogen) atoms.